The fourth-order valence-corrected chi connectivity index (χ4v) is 6.41. The maximum absolute atomic E-state index is 12.3. The van der Waals surface area contributed by atoms with Gasteiger partial charge >= 0.3 is 0 Å². The molecule has 1 aliphatic heterocycles. The maximum atomic E-state index is 12.3. The number of nitrogens with zero attached hydrogens (tertiary/aromatic N) is 1. The van der Waals surface area contributed by atoms with E-state index in [2.05, 4.69) is 62.8 Å². The fraction of sp³-hybridized carbons (Fsp3) is 0.435. The smallest absolute Gasteiger partial charge is 0.236 e. The first kappa shape index (κ1) is 21.4. The minimum atomic E-state index is -3.69. The molecule has 0 saturated heterocycles. The first-order valence-electron chi connectivity index (χ1n) is 10.4. The van der Waals surface area contributed by atoms with E-state index in [1.807, 2.05) is 6.07 Å². The second-order valence-corrected chi connectivity index (χ2v) is 11.2. The number of carbonyl (C=O) groups is 1. The van der Waals surface area contributed by atoms with E-state index >= 15 is 0 Å². The van der Waals surface area contributed by atoms with Crippen molar-refractivity contribution in [3.63, 3.8) is 0 Å². The van der Waals surface area contributed by atoms with Crippen molar-refractivity contribution >= 4 is 43.2 Å². The molecule has 7 heteroatoms. The number of aryl methyl sites for hydroxylation is 1. The van der Waals surface area contributed by atoms with Gasteiger partial charge in [0.05, 0.1) is 5.75 Å². The fourth-order valence-electron chi connectivity index (χ4n) is 5.09. The molecule has 2 aromatic carbocycles. The van der Waals surface area contributed by atoms with Crippen LogP contribution in [0.15, 0.2) is 40.9 Å². The normalized spacial score (nSPS) is 17.4. The third kappa shape index (κ3) is 3.89. The molecule has 1 aliphatic carbocycles. The SMILES string of the molecule is CC(=O)NS(=O)(=O)CCN1c2ccc(C)cc2C2(CCCCC2)c2cc(Br)ccc21. The highest BCUT2D eigenvalue weighted by molar-refractivity contribution is 9.10. The van der Waals surface area contributed by atoms with Gasteiger partial charge in [0.15, 0.2) is 0 Å². The van der Waals surface area contributed by atoms with Crippen molar-refractivity contribution in [1.29, 1.82) is 0 Å². The Hall–Kier alpha value is -1.86. The minimum Gasteiger partial charge on any atom is -0.340 e. The van der Waals surface area contributed by atoms with Crippen LogP contribution in [0.4, 0.5) is 11.4 Å². The first-order chi connectivity index (χ1) is 14.2. The van der Waals surface area contributed by atoms with E-state index in [1.54, 1.807) is 0 Å². The lowest BCUT2D eigenvalue weighted by Gasteiger charge is -2.48. The van der Waals surface area contributed by atoms with E-state index in [0.29, 0.717) is 0 Å². The zero-order valence-corrected chi connectivity index (χ0v) is 19.8. The van der Waals surface area contributed by atoms with Crippen LogP contribution in [0.1, 0.15) is 55.7 Å². The van der Waals surface area contributed by atoms with Crippen molar-refractivity contribution in [1.82, 2.24) is 4.72 Å². The van der Waals surface area contributed by atoms with Crippen molar-refractivity contribution in [2.24, 2.45) is 0 Å². The van der Waals surface area contributed by atoms with E-state index in [0.717, 1.165) is 28.7 Å². The standard InChI is InChI=1S/C23H27BrN2O3S/c1-16-6-8-21-19(14-16)23(10-4-3-5-11-23)20-15-18(24)7-9-22(20)26(21)12-13-30(28,29)25-17(2)27/h6-9,14-15H,3-5,10-13H2,1-2H3,(H,25,27). The number of anilines is 2. The molecule has 160 valence electrons. The highest BCUT2D eigenvalue weighted by Crippen LogP contribution is 2.55. The zero-order chi connectivity index (χ0) is 21.5. The van der Waals surface area contributed by atoms with Gasteiger partial charge in [0.2, 0.25) is 15.9 Å². The van der Waals surface area contributed by atoms with Crippen LogP contribution in [0.5, 0.6) is 0 Å². The van der Waals surface area contributed by atoms with Gasteiger partial charge in [0, 0.05) is 34.7 Å². The summed E-state index contributed by atoms with van der Waals surface area (Å²) in [4.78, 5) is 13.4. The Bertz CT molecular complexity index is 1040. The summed E-state index contributed by atoms with van der Waals surface area (Å²) in [5.74, 6) is -0.710. The van der Waals surface area contributed by atoms with Gasteiger partial charge in [-0.2, -0.15) is 0 Å². The molecule has 0 unspecified atom stereocenters. The van der Waals surface area contributed by atoms with E-state index in [9.17, 15) is 13.2 Å². The molecular formula is C23H27BrN2O3S. The third-order valence-electron chi connectivity index (χ3n) is 6.31. The van der Waals surface area contributed by atoms with Gasteiger partial charge in [-0.25, -0.2) is 8.42 Å². The van der Waals surface area contributed by atoms with Crippen LogP contribution in [-0.4, -0.2) is 26.6 Å². The molecular weight excluding hydrogens is 464 g/mol. The average Bonchev–Trinajstić information content (AvgIpc) is 2.68. The van der Waals surface area contributed by atoms with Crippen molar-refractivity contribution in [3.8, 4) is 0 Å². The number of halogens is 1. The van der Waals surface area contributed by atoms with Crippen LogP contribution in [0, 0.1) is 6.92 Å². The number of amides is 1. The number of nitrogens with one attached hydrogen (secondary N) is 1. The van der Waals surface area contributed by atoms with Crippen LogP contribution in [-0.2, 0) is 20.2 Å². The Morgan fingerprint density at radius 3 is 2.37 bits per heavy atom. The second-order valence-electron chi connectivity index (χ2n) is 8.45. The Labute approximate surface area is 187 Å². The molecule has 1 fully saturated rings. The molecule has 0 atom stereocenters. The van der Waals surface area contributed by atoms with Crippen LogP contribution in [0.2, 0.25) is 0 Å². The molecule has 4 rings (SSSR count). The summed E-state index contributed by atoms with van der Waals surface area (Å²) in [5.41, 5.74) is 5.88. The summed E-state index contributed by atoms with van der Waals surface area (Å²) in [6.07, 6.45) is 5.84. The summed E-state index contributed by atoms with van der Waals surface area (Å²) in [6, 6.07) is 12.8. The topological polar surface area (TPSA) is 66.5 Å². The van der Waals surface area contributed by atoms with Crippen molar-refractivity contribution in [3.05, 3.63) is 57.6 Å². The number of hydrogen-bond donors (Lipinski definition) is 1. The lowest BCUT2D eigenvalue weighted by atomic mass is 9.62. The molecule has 1 saturated carbocycles. The minimum absolute atomic E-state index is 0.0360. The van der Waals surface area contributed by atoms with E-state index in [4.69, 9.17) is 0 Å². The monoisotopic (exact) mass is 490 g/mol. The summed E-state index contributed by atoms with van der Waals surface area (Å²) in [5, 5.41) is 0. The molecule has 0 aromatic heterocycles. The Balaban J connectivity index is 1.83. The Kier molecular flexibility index (Phi) is 5.70. The van der Waals surface area contributed by atoms with Gasteiger partial charge < -0.3 is 4.90 Å². The number of hydrogen-bond acceptors (Lipinski definition) is 4. The lowest BCUT2D eigenvalue weighted by Crippen LogP contribution is -2.41. The molecule has 0 bridgehead atoms. The van der Waals surface area contributed by atoms with Crippen LogP contribution in [0.25, 0.3) is 0 Å². The van der Waals surface area contributed by atoms with Gasteiger partial charge in [-0.05, 0) is 55.2 Å². The predicted molar refractivity (Wildman–Crippen MR) is 124 cm³/mol. The first-order valence-corrected chi connectivity index (χ1v) is 12.9. The highest BCUT2D eigenvalue weighted by Gasteiger charge is 2.44. The predicted octanol–water partition coefficient (Wildman–Crippen LogP) is 4.93. The van der Waals surface area contributed by atoms with Crippen molar-refractivity contribution < 1.29 is 13.2 Å². The van der Waals surface area contributed by atoms with Gasteiger partial charge in [-0.15, -0.1) is 0 Å². The summed E-state index contributed by atoms with van der Waals surface area (Å²) in [7, 11) is -3.69. The molecule has 1 N–H and O–H groups in total. The highest BCUT2D eigenvalue weighted by atomic mass is 79.9. The number of carbonyl (C=O) groups excluding carboxylic acids is 1. The number of sulfonamides is 1. The number of fused-ring (bicyclic) bond motifs is 4. The third-order valence-corrected chi connectivity index (χ3v) is 8.13. The van der Waals surface area contributed by atoms with E-state index < -0.39 is 15.9 Å². The van der Waals surface area contributed by atoms with Gasteiger partial charge in [-0.3, -0.25) is 9.52 Å². The average molecular weight is 491 g/mol. The molecule has 1 amide bonds. The lowest BCUT2D eigenvalue weighted by molar-refractivity contribution is -0.117. The molecule has 2 aromatic rings. The summed E-state index contributed by atoms with van der Waals surface area (Å²) < 4.78 is 27.8. The van der Waals surface area contributed by atoms with Crippen molar-refractivity contribution in [2.45, 2.75) is 51.4 Å². The van der Waals surface area contributed by atoms with E-state index in [1.165, 1.54) is 42.9 Å². The molecule has 5 nitrogen and oxygen atoms in total. The summed E-state index contributed by atoms with van der Waals surface area (Å²) >= 11 is 3.65. The second kappa shape index (κ2) is 8.00. The largest absolute Gasteiger partial charge is 0.340 e. The Morgan fingerprint density at radius 1 is 1.07 bits per heavy atom. The van der Waals surface area contributed by atoms with Crippen LogP contribution >= 0.6 is 15.9 Å². The zero-order valence-electron chi connectivity index (χ0n) is 17.4. The van der Waals surface area contributed by atoms with E-state index in [-0.39, 0.29) is 17.7 Å². The molecule has 1 heterocycles. The maximum Gasteiger partial charge on any atom is 0.236 e. The van der Waals surface area contributed by atoms with Crippen LogP contribution in [0.3, 0.4) is 0 Å². The Morgan fingerprint density at radius 2 is 1.70 bits per heavy atom. The van der Waals surface area contributed by atoms with Gasteiger partial charge in [-0.1, -0.05) is 52.9 Å². The van der Waals surface area contributed by atoms with Crippen molar-refractivity contribution in [2.75, 3.05) is 17.2 Å². The molecule has 0 radical (unpaired) electrons. The number of benzene rings is 2. The molecule has 30 heavy (non-hydrogen) atoms. The molecule has 1 spiro atoms. The quantitative estimate of drug-likeness (QED) is 0.659. The number of rotatable bonds is 4. The van der Waals surface area contributed by atoms with Gasteiger partial charge in [0.25, 0.3) is 0 Å². The van der Waals surface area contributed by atoms with Gasteiger partial charge in [0.1, 0.15) is 0 Å². The molecule has 2 aliphatic rings. The van der Waals surface area contributed by atoms with Crippen LogP contribution < -0.4 is 9.62 Å². The summed E-state index contributed by atoms with van der Waals surface area (Å²) in [6.45, 7) is 3.61.